The Kier molecular flexibility index (Phi) is 6.02. The van der Waals surface area contributed by atoms with Gasteiger partial charge in [0.15, 0.2) is 0 Å². The molecule has 1 fully saturated rings. The minimum atomic E-state index is -3.25. The third kappa shape index (κ3) is 4.39. The zero-order valence-corrected chi connectivity index (χ0v) is 18.0. The van der Waals surface area contributed by atoms with Gasteiger partial charge in [-0.25, -0.2) is 0 Å². The van der Waals surface area contributed by atoms with Crippen LogP contribution in [0.2, 0.25) is 0 Å². The summed E-state index contributed by atoms with van der Waals surface area (Å²) in [4.78, 5) is 14.5. The summed E-state index contributed by atoms with van der Waals surface area (Å²) < 4.78 is 29.9. The molecule has 2 aliphatic heterocycles. The van der Waals surface area contributed by atoms with Crippen molar-refractivity contribution >= 4 is 5.91 Å². The van der Waals surface area contributed by atoms with Crippen molar-refractivity contribution in [1.82, 2.24) is 15.5 Å². The average molecular weight is 440 g/mol. The first kappa shape index (κ1) is 22.0. The minimum absolute atomic E-state index is 0.0112. The molecular formula is C25H27F2N3O2. The Balaban J connectivity index is 1.43. The van der Waals surface area contributed by atoms with Crippen LogP contribution >= 0.6 is 0 Å². The van der Waals surface area contributed by atoms with E-state index >= 15 is 0 Å². The van der Waals surface area contributed by atoms with Crippen LogP contribution in [0.4, 0.5) is 8.78 Å². The van der Waals surface area contributed by atoms with E-state index in [1.807, 2.05) is 18.2 Å². The van der Waals surface area contributed by atoms with E-state index in [0.29, 0.717) is 13.1 Å². The number of phenols is 1. The van der Waals surface area contributed by atoms with E-state index < -0.39 is 5.92 Å². The number of aromatic hydroxyl groups is 1. The number of nitrogens with one attached hydrogen (secondary N) is 2. The summed E-state index contributed by atoms with van der Waals surface area (Å²) in [5.41, 5.74) is 3.43. The van der Waals surface area contributed by atoms with E-state index in [-0.39, 0.29) is 35.5 Å². The molecule has 0 bridgehead atoms. The van der Waals surface area contributed by atoms with Crippen LogP contribution < -0.4 is 10.6 Å². The molecule has 168 valence electrons. The molecule has 7 heteroatoms. The van der Waals surface area contributed by atoms with Crippen molar-refractivity contribution in [2.45, 2.75) is 51.4 Å². The Labute approximate surface area is 186 Å². The Bertz CT molecular complexity index is 1080. The lowest BCUT2D eigenvalue weighted by atomic mass is 10.0. The van der Waals surface area contributed by atoms with E-state index in [2.05, 4.69) is 22.1 Å². The first-order valence-electron chi connectivity index (χ1n) is 10.7. The van der Waals surface area contributed by atoms with E-state index in [9.17, 15) is 18.7 Å². The highest BCUT2D eigenvalue weighted by Crippen LogP contribution is 2.36. The van der Waals surface area contributed by atoms with Gasteiger partial charge in [0, 0.05) is 30.9 Å². The third-order valence-electron chi connectivity index (χ3n) is 6.10. The summed E-state index contributed by atoms with van der Waals surface area (Å²) in [5.74, 6) is -3.46. The molecule has 2 aromatic carbocycles. The number of rotatable bonds is 6. The molecule has 0 aliphatic carbocycles. The Hall–Kier alpha value is -3.19. The van der Waals surface area contributed by atoms with Gasteiger partial charge in [-0.05, 0) is 48.6 Å². The molecule has 2 aromatic rings. The van der Waals surface area contributed by atoms with E-state index in [0.717, 1.165) is 41.3 Å². The van der Waals surface area contributed by atoms with Crippen molar-refractivity contribution in [2.75, 3.05) is 0 Å². The SMILES string of the molecule is C=C1CCC(N2Cc3ccc(CN/C(=C\C)C(F)(F)c4cccc(O)c4)cc3C2)C(=O)N1. The van der Waals surface area contributed by atoms with Gasteiger partial charge < -0.3 is 15.7 Å². The van der Waals surface area contributed by atoms with Crippen molar-refractivity contribution in [3.8, 4) is 5.75 Å². The average Bonchev–Trinajstić information content (AvgIpc) is 3.17. The number of hydrogen-bond acceptors (Lipinski definition) is 4. The smallest absolute Gasteiger partial charge is 0.312 e. The normalized spacial score (nSPS) is 19.6. The van der Waals surface area contributed by atoms with E-state index in [1.165, 1.54) is 24.3 Å². The number of carbonyl (C=O) groups excluding carboxylic acids is 1. The number of halogens is 2. The number of nitrogens with zero attached hydrogens (tertiary/aromatic N) is 1. The fourth-order valence-electron chi connectivity index (χ4n) is 4.36. The molecule has 32 heavy (non-hydrogen) atoms. The summed E-state index contributed by atoms with van der Waals surface area (Å²) in [6.07, 6.45) is 2.88. The largest absolute Gasteiger partial charge is 0.508 e. The maximum Gasteiger partial charge on any atom is 0.312 e. The number of alkyl halides is 2. The number of allylic oxidation sites excluding steroid dienone is 3. The number of carbonyl (C=O) groups is 1. The van der Waals surface area contributed by atoms with Crippen molar-refractivity contribution < 1.29 is 18.7 Å². The molecule has 1 unspecified atom stereocenters. The molecule has 0 radical (unpaired) electrons. The molecule has 1 atom stereocenters. The van der Waals surface area contributed by atoms with Crippen molar-refractivity contribution in [3.63, 3.8) is 0 Å². The highest BCUT2D eigenvalue weighted by Gasteiger charge is 2.37. The van der Waals surface area contributed by atoms with Crippen LogP contribution in [0.1, 0.15) is 42.0 Å². The molecule has 0 spiro atoms. The Morgan fingerprint density at radius 3 is 2.78 bits per heavy atom. The summed E-state index contributed by atoms with van der Waals surface area (Å²) in [6, 6.07) is 10.9. The topological polar surface area (TPSA) is 64.6 Å². The maximum atomic E-state index is 15.0. The second-order valence-electron chi connectivity index (χ2n) is 8.34. The second kappa shape index (κ2) is 8.74. The molecule has 5 nitrogen and oxygen atoms in total. The summed E-state index contributed by atoms with van der Waals surface area (Å²) in [5, 5.41) is 15.3. The highest BCUT2D eigenvalue weighted by atomic mass is 19.3. The van der Waals surface area contributed by atoms with Crippen LogP contribution in [0, 0.1) is 0 Å². The van der Waals surface area contributed by atoms with Gasteiger partial charge in [-0.1, -0.05) is 43.0 Å². The molecule has 1 amide bonds. The number of amides is 1. The molecule has 3 N–H and O–H groups in total. The van der Waals surface area contributed by atoms with Crippen molar-refractivity contribution in [1.29, 1.82) is 0 Å². The van der Waals surface area contributed by atoms with Gasteiger partial charge in [0.1, 0.15) is 5.75 Å². The third-order valence-corrected chi connectivity index (χ3v) is 6.10. The predicted molar refractivity (Wildman–Crippen MR) is 119 cm³/mol. The number of phenolic OH excluding ortho intramolecular Hbond substituents is 1. The van der Waals surface area contributed by atoms with Crippen LogP contribution in [0.3, 0.4) is 0 Å². The number of benzene rings is 2. The molecule has 4 rings (SSSR count). The van der Waals surface area contributed by atoms with Gasteiger partial charge in [0.25, 0.3) is 0 Å². The van der Waals surface area contributed by atoms with Crippen LogP contribution in [0.15, 0.2) is 66.5 Å². The van der Waals surface area contributed by atoms with Crippen LogP contribution in [0.25, 0.3) is 0 Å². The summed E-state index contributed by atoms with van der Waals surface area (Å²) in [7, 11) is 0. The van der Waals surface area contributed by atoms with Crippen molar-refractivity contribution in [2.24, 2.45) is 0 Å². The Morgan fingerprint density at radius 2 is 2.06 bits per heavy atom. The number of piperidine rings is 1. The summed E-state index contributed by atoms with van der Waals surface area (Å²) >= 11 is 0. The lowest BCUT2D eigenvalue weighted by Crippen LogP contribution is -2.47. The standard InChI is InChI=1S/C25H27F2N3O2/c1-3-23(25(26,27)20-5-4-6-21(31)12-20)28-13-17-8-9-18-14-30(15-19(18)11-17)22-10-7-16(2)29-24(22)32/h3-6,8-9,11-12,22,28,31H,2,7,10,13-15H2,1H3,(H,29,32)/b23-3-. The minimum Gasteiger partial charge on any atom is -0.508 e. The van der Waals surface area contributed by atoms with Gasteiger partial charge in [-0.3, -0.25) is 9.69 Å². The molecule has 0 saturated carbocycles. The van der Waals surface area contributed by atoms with E-state index in [4.69, 9.17) is 0 Å². The number of hydrogen-bond donors (Lipinski definition) is 3. The zero-order valence-electron chi connectivity index (χ0n) is 18.0. The van der Waals surface area contributed by atoms with Crippen LogP contribution in [-0.2, 0) is 30.4 Å². The fraction of sp³-hybridized carbons (Fsp3) is 0.320. The first-order valence-corrected chi connectivity index (χ1v) is 10.7. The quantitative estimate of drug-likeness (QED) is 0.629. The highest BCUT2D eigenvalue weighted by molar-refractivity contribution is 5.84. The summed E-state index contributed by atoms with van der Waals surface area (Å²) in [6.45, 7) is 6.99. The van der Waals surface area contributed by atoms with Crippen LogP contribution in [0.5, 0.6) is 5.75 Å². The molecule has 1 saturated heterocycles. The monoisotopic (exact) mass is 439 g/mol. The Morgan fingerprint density at radius 1 is 1.28 bits per heavy atom. The predicted octanol–water partition coefficient (Wildman–Crippen LogP) is 4.29. The molecule has 0 aromatic heterocycles. The van der Waals surface area contributed by atoms with Gasteiger partial charge in [0.2, 0.25) is 5.91 Å². The molecule has 2 heterocycles. The second-order valence-corrected chi connectivity index (χ2v) is 8.34. The number of fused-ring (bicyclic) bond motifs is 1. The van der Waals surface area contributed by atoms with Crippen LogP contribution in [-0.4, -0.2) is 22.0 Å². The van der Waals surface area contributed by atoms with Gasteiger partial charge in [-0.15, -0.1) is 0 Å². The molecule has 2 aliphatic rings. The first-order chi connectivity index (χ1) is 15.3. The maximum absolute atomic E-state index is 15.0. The lowest BCUT2D eigenvalue weighted by molar-refractivity contribution is -0.127. The van der Waals surface area contributed by atoms with Gasteiger partial charge in [-0.2, -0.15) is 8.78 Å². The fourth-order valence-corrected chi connectivity index (χ4v) is 4.36. The lowest BCUT2D eigenvalue weighted by Gasteiger charge is -2.30. The van der Waals surface area contributed by atoms with E-state index in [1.54, 1.807) is 6.92 Å². The molecular weight excluding hydrogens is 412 g/mol. The van der Waals surface area contributed by atoms with Gasteiger partial charge in [0.05, 0.1) is 11.7 Å². The van der Waals surface area contributed by atoms with Crippen molar-refractivity contribution in [3.05, 3.63) is 88.8 Å². The van der Waals surface area contributed by atoms with Gasteiger partial charge >= 0.3 is 5.92 Å². The zero-order chi connectivity index (χ0) is 22.9.